The van der Waals surface area contributed by atoms with Crippen LogP contribution in [0.25, 0.3) is 0 Å². The fourth-order valence-electron chi connectivity index (χ4n) is 3.09. The van der Waals surface area contributed by atoms with Crippen molar-refractivity contribution in [1.82, 2.24) is 10.3 Å². The summed E-state index contributed by atoms with van der Waals surface area (Å²) in [6.07, 6.45) is 10.5. The van der Waals surface area contributed by atoms with Crippen LogP contribution in [0.1, 0.15) is 49.3 Å². The normalized spacial score (nSPS) is 17.8. The molecule has 1 fully saturated rings. The minimum atomic E-state index is 0.280. The lowest BCUT2D eigenvalue weighted by Gasteiger charge is -2.29. The first-order valence-corrected chi connectivity index (χ1v) is 7.64. The summed E-state index contributed by atoms with van der Waals surface area (Å²) in [5, 5.41) is 3.86. The summed E-state index contributed by atoms with van der Waals surface area (Å²) in [5.41, 5.74) is 2.64. The molecule has 0 spiro atoms. The molecule has 0 bridgehead atoms. The number of hydrogen-bond donors (Lipinski definition) is 1. The number of benzene rings is 1. The Kier molecular flexibility index (Phi) is 4.44. The second-order valence-corrected chi connectivity index (χ2v) is 5.63. The van der Waals surface area contributed by atoms with Crippen molar-refractivity contribution >= 4 is 0 Å². The Bertz CT molecular complexity index is 464. The molecule has 1 atom stereocenters. The minimum Gasteiger partial charge on any atom is -0.303 e. The first-order valence-electron chi connectivity index (χ1n) is 7.64. The molecule has 1 N–H and O–H groups in total. The quantitative estimate of drug-likeness (QED) is 0.901. The van der Waals surface area contributed by atoms with Crippen LogP contribution >= 0.6 is 0 Å². The zero-order chi connectivity index (χ0) is 13.6. The molecule has 0 saturated heterocycles. The summed E-state index contributed by atoms with van der Waals surface area (Å²) >= 11 is 0. The fourth-order valence-corrected chi connectivity index (χ4v) is 3.09. The lowest BCUT2D eigenvalue weighted by atomic mass is 9.92. The average Bonchev–Trinajstić information content (AvgIpc) is 2.55. The first kappa shape index (κ1) is 13.3. The summed E-state index contributed by atoms with van der Waals surface area (Å²) < 4.78 is 0. The molecule has 1 saturated carbocycles. The molecule has 1 aromatic carbocycles. The van der Waals surface area contributed by atoms with Gasteiger partial charge >= 0.3 is 0 Å². The SMILES string of the molecule is c1ccc(C(NC2CCCCC2)c2ccncc2)cc1. The van der Waals surface area contributed by atoms with Crippen molar-refractivity contribution in [2.45, 2.75) is 44.2 Å². The van der Waals surface area contributed by atoms with Crippen molar-refractivity contribution in [1.29, 1.82) is 0 Å². The lowest BCUT2D eigenvalue weighted by molar-refractivity contribution is 0.354. The van der Waals surface area contributed by atoms with Crippen molar-refractivity contribution < 1.29 is 0 Å². The molecule has 1 aliphatic carbocycles. The molecule has 0 aliphatic heterocycles. The van der Waals surface area contributed by atoms with Gasteiger partial charge in [-0.25, -0.2) is 0 Å². The highest BCUT2D eigenvalue weighted by Gasteiger charge is 2.20. The smallest absolute Gasteiger partial charge is 0.0579 e. The molecule has 1 aromatic heterocycles. The molecule has 104 valence electrons. The van der Waals surface area contributed by atoms with Crippen LogP contribution in [0.4, 0.5) is 0 Å². The molecule has 1 unspecified atom stereocenters. The van der Waals surface area contributed by atoms with Crippen molar-refractivity contribution in [3.05, 3.63) is 66.0 Å². The third-order valence-electron chi connectivity index (χ3n) is 4.18. The third kappa shape index (κ3) is 3.26. The second kappa shape index (κ2) is 6.67. The van der Waals surface area contributed by atoms with Gasteiger partial charge in [0, 0.05) is 18.4 Å². The topological polar surface area (TPSA) is 24.9 Å². The van der Waals surface area contributed by atoms with Crippen LogP contribution in [-0.4, -0.2) is 11.0 Å². The number of hydrogen-bond acceptors (Lipinski definition) is 2. The summed E-state index contributed by atoms with van der Waals surface area (Å²) in [6, 6.07) is 15.9. The molecule has 1 aliphatic rings. The Labute approximate surface area is 121 Å². The van der Waals surface area contributed by atoms with E-state index in [1.807, 2.05) is 12.4 Å². The molecular weight excluding hydrogens is 244 g/mol. The standard InChI is InChI=1S/C18H22N2/c1-3-7-15(8-4-1)18(16-11-13-19-14-12-16)20-17-9-5-2-6-10-17/h1,3-4,7-8,11-14,17-18,20H,2,5-6,9-10H2. The molecule has 2 nitrogen and oxygen atoms in total. The van der Waals surface area contributed by atoms with Crippen LogP contribution in [0, 0.1) is 0 Å². The summed E-state index contributed by atoms with van der Waals surface area (Å²) in [6.45, 7) is 0. The number of nitrogens with one attached hydrogen (secondary N) is 1. The lowest BCUT2D eigenvalue weighted by Crippen LogP contribution is -2.35. The number of rotatable bonds is 4. The van der Waals surface area contributed by atoms with E-state index in [1.165, 1.54) is 43.2 Å². The molecule has 20 heavy (non-hydrogen) atoms. The molecule has 0 radical (unpaired) electrons. The van der Waals surface area contributed by atoms with Gasteiger partial charge in [-0.15, -0.1) is 0 Å². The highest BCUT2D eigenvalue weighted by molar-refractivity contribution is 5.30. The maximum absolute atomic E-state index is 4.14. The van der Waals surface area contributed by atoms with E-state index in [0.29, 0.717) is 6.04 Å². The largest absolute Gasteiger partial charge is 0.303 e. The van der Waals surface area contributed by atoms with Crippen LogP contribution in [0.2, 0.25) is 0 Å². The Morgan fingerprint density at radius 2 is 1.50 bits per heavy atom. The summed E-state index contributed by atoms with van der Waals surface area (Å²) in [7, 11) is 0. The zero-order valence-electron chi connectivity index (χ0n) is 11.8. The number of pyridine rings is 1. The first-order chi connectivity index (χ1) is 9.93. The van der Waals surface area contributed by atoms with Crippen LogP contribution in [0.15, 0.2) is 54.9 Å². The minimum absolute atomic E-state index is 0.280. The van der Waals surface area contributed by atoms with E-state index in [0.717, 1.165) is 0 Å². The van der Waals surface area contributed by atoms with Crippen LogP contribution in [0.5, 0.6) is 0 Å². The Morgan fingerprint density at radius 1 is 0.850 bits per heavy atom. The van der Waals surface area contributed by atoms with Gasteiger partial charge in [0.05, 0.1) is 6.04 Å². The van der Waals surface area contributed by atoms with Crippen molar-refractivity contribution in [2.75, 3.05) is 0 Å². The molecule has 0 amide bonds. The van der Waals surface area contributed by atoms with E-state index in [2.05, 4.69) is 52.8 Å². The van der Waals surface area contributed by atoms with Crippen LogP contribution in [0.3, 0.4) is 0 Å². The van der Waals surface area contributed by atoms with Crippen molar-refractivity contribution in [3.8, 4) is 0 Å². The monoisotopic (exact) mass is 266 g/mol. The Balaban J connectivity index is 1.83. The van der Waals surface area contributed by atoms with E-state index in [4.69, 9.17) is 0 Å². The van der Waals surface area contributed by atoms with Gasteiger partial charge in [0.2, 0.25) is 0 Å². The molecular formula is C18H22N2. The van der Waals surface area contributed by atoms with Crippen LogP contribution < -0.4 is 5.32 Å². The van der Waals surface area contributed by atoms with Crippen molar-refractivity contribution in [3.63, 3.8) is 0 Å². The van der Waals surface area contributed by atoms with E-state index >= 15 is 0 Å². The van der Waals surface area contributed by atoms with E-state index in [1.54, 1.807) is 0 Å². The van der Waals surface area contributed by atoms with Gasteiger partial charge in [0.1, 0.15) is 0 Å². The van der Waals surface area contributed by atoms with Crippen molar-refractivity contribution in [2.24, 2.45) is 0 Å². The summed E-state index contributed by atoms with van der Waals surface area (Å²) in [5.74, 6) is 0. The Morgan fingerprint density at radius 3 is 2.20 bits per heavy atom. The maximum atomic E-state index is 4.14. The van der Waals surface area contributed by atoms with Gasteiger partial charge in [0.25, 0.3) is 0 Å². The van der Waals surface area contributed by atoms with E-state index in [9.17, 15) is 0 Å². The van der Waals surface area contributed by atoms with Gasteiger partial charge in [-0.05, 0) is 36.1 Å². The maximum Gasteiger partial charge on any atom is 0.0579 e. The third-order valence-corrected chi connectivity index (χ3v) is 4.18. The predicted molar refractivity (Wildman–Crippen MR) is 82.5 cm³/mol. The van der Waals surface area contributed by atoms with E-state index in [-0.39, 0.29) is 6.04 Å². The molecule has 1 heterocycles. The highest BCUT2D eigenvalue weighted by atomic mass is 15.0. The number of nitrogens with zero attached hydrogens (tertiary/aromatic N) is 1. The van der Waals surface area contributed by atoms with Gasteiger partial charge in [0.15, 0.2) is 0 Å². The molecule has 3 rings (SSSR count). The second-order valence-electron chi connectivity index (χ2n) is 5.63. The Hall–Kier alpha value is -1.67. The van der Waals surface area contributed by atoms with Gasteiger partial charge in [-0.2, -0.15) is 0 Å². The van der Waals surface area contributed by atoms with Gasteiger partial charge in [-0.1, -0.05) is 49.6 Å². The summed E-state index contributed by atoms with van der Waals surface area (Å²) in [4.78, 5) is 4.14. The number of aromatic nitrogens is 1. The van der Waals surface area contributed by atoms with Gasteiger partial charge < -0.3 is 5.32 Å². The predicted octanol–water partition coefficient (Wildman–Crippen LogP) is 4.09. The van der Waals surface area contributed by atoms with E-state index < -0.39 is 0 Å². The highest BCUT2D eigenvalue weighted by Crippen LogP contribution is 2.26. The van der Waals surface area contributed by atoms with Crippen LogP contribution in [-0.2, 0) is 0 Å². The fraction of sp³-hybridized carbons (Fsp3) is 0.389. The average molecular weight is 266 g/mol. The molecule has 2 heteroatoms. The van der Waals surface area contributed by atoms with Gasteiger partial charge in [-0.3, -0.25) is 4.98 Å². The molecule has 2 aromatic rings. The zero-order valence-corrected chi connectivity index (χ0v) is 11.8.